The zero-order chi connectivity index (χ0) is 29.6. The number of ether oxygens (including phenoxy) is 2. The van der Waals surface area contributed by atoms with Crippen LogP contribution in [0.4, 0.5) is 4.79 Å². The van der Waals surface area contributed by atoms with Gasteiger partial charge in [-0.3, -0.25) is 9.48 Å². The normalized spacial score (nSPS) is 15.1. The summed E-state index contributed by atoms with van der Waals surface area (Å²) in [4.78, 5) is 34.0. The summed E-state index contributed by atoms with van der Waals surface area (Å²) in [6.45, 7) is 10.6. The average molecular weight is 568 g/mol. The van der Waals surface area contributed by atoms with Gasteiger partial charge in [0.15, 0.2) is 0 Å². The lowest BCUT2D eigenvalue weighted by Crippen LogP contribution is -2.39. The monoisotopic (exact) mass is 567 g/mol. The van der Waals surface area contributed by atoms with Crippen LogP contribution in [0.1, 0.15) is 61.4 Å². The Kier molecular flexibility index (Phi) is 7.04. The van der Waals surface area contributed by atoms with E-state index in [1.165, 1.54) is 0 Å². The summed E-state index contributed by atoms with van der Waals surface area (Å²) in [5.74, 6) is 0.701. The average Bonchev–Trinajstić information content (AvgIpc) is 3.70. The molecule has 4 heterocycles. The molecule has 0 saturated carbocycles. The van der Waals surface area contributed by atoms with Crippen LogP contribution in [0.3, 0.4) is 0 Å². The van der Waals surface area contributed by atoms with Gasteiger partial charge in [-0.25, -0.2) is 4.79 Å². The quantitative estimate of drug-likeness (QED) is 0.308. The second-order valence-corrected chi connectivity index (χ2v) is 11.9. The highest BCUT2D eigenvalue weighted by Crippen LogP contribution is 2.38. The minimum Gasteiger partial charge on any atom is -0.496 e. The van der Waals surface area contributed by atoms with Crippen LogP contribution in [-0.2, 0) is 24.4 Å². The van der Waals surface area contributed by atoms with Crippen LogP contribution < -0.4 is 4.74 Å². The van der Waals surface area contributed by atoms with E-state index in [1.807, 2.05) is 72.9 Å². The maximum Gasteiger partial charge on any atom is 0.410 e. The molecule has 0 unspecified atom stereocenters. The number of rotatable bonds is 5. The van der Waals surface area contributed by atoms with Crippen LogP contribution in [0.5, 0.6) is 5.75 Å². The summed E-state index contributed by atoms with van der Waals surface area (Å²) in [6, 6.07) is 13.8. The Labute approximate surface area is 245 Å². The van der Waals surface area contributed by atoms with E-state index in [2.05, 4.69) is 29.1 Å². The van der Waals surface area contributed by atoms with Gasteiger partial charge in [0.1, 0.15) is 11.4 Å². The van der Waals surface area contributed by atoms with E-state index >= 15 is 0 Å². The molecule has 6 rings (SSSR count). The third kappa shape index (κ3) is 5.15. The lowest BCUT2D eigenvalue weighted by atomic mass is 9.98. The number of carbonyl (C=O) groups excluding carboxylic acids is 2. The molecule has 0 radical (unpaired) electrons. The summed E-state index contributed by atoms with van der Waals surface area (Å²) >= 11 is 0. The molecule has 9 nitrogen and oxygen atoms in total. The maximum absolute atomic E-state index is 13.9. The Bertz CT molecular complexity index is 1710. The second kappa shape index (κ2) is 10.7. The largest absolute Gasteiger partial charge is 0.496 e. The predicted molar refractivity (Wildman–Crippen MR) is 162 cm³/mol. The summed E-state index contributed by atoms with van der Waals surface area (Å²) < 4.78 is 13.3. The van der Waals surface area contributed by atoms with Crippen LogP contribution >= 0.6 is 0 Å². The highest BCUT2D eigenvalue weighted by Gasteiger charge is 2.29. The fraction of sp³-hybridized carbons (Fsp3) is 0.364. The smallest absolute Gasteiger partial charge is 0.410 e. The number of amides is 2. The van der Waals surface area contributed by atoms with Crippen molar-refractivity contribution in [3.63, 3.8) is 0 Å². The van der Waals surface area contributed by atoms with Crippen molar-refractivity contribution in [1.82, 2.24) is 24.6 Å². The van der Waals surface area contributed by atoms with Crippen LogP contribution in [0.15, 0.2) is 54.7 Å². The fourth-order valence-corrected chi connectivity index (χ4v) is 5.85. The molecule has 9 heteroatoms. The van der Waals surface area contributed by atoms with Crippen LogP contribution in [0.2, 0.25) is 0 Å². The lowest BCUT2D eigenvalue weighted by molar-refractivity contribution is 0.0273. The van der Waals surface area contributed by atoms with E-state index in [1.54, 1.807) is 12.0 Å². The van der Waals surface area contributed by atoms with Crippen LogP contribution in [-0.4, -0.2) is 62.4 Å². The number of aryl methyl sites for hydroxylation is 1. The van der Waals surface area contributed by atoms with Gasteiger partial charge >= 0.3 is 6.09 Å². The van der Waals surface area contributed by atoms with Gasteiger partial charge in [-0.05, 0) is 64.0 Å². The summed E-state index contributed by atoms with van der Waals surface area (Å²) in [7, 11) is 1.65. The Morgan fingerprint density at radius 1 is 1.02 bits per heavy atom. The Hall–Kier alpha value is -4.53. The highest BCUT2D eigenvalue weighted by atomic mass is 16.6. The van der Waals surface area contributed by atoms with Crippen molar-refractivity contribution in [3.8, 4) is 16.9 Å². The first-order valence-corrected chi connectivity index (χ1v) is 14.5. The first kappa shape index (κ1) is 27.6. The number of aromatic amines is 1. The van der Waals surface area contributed by atoms with E-state index < -0.39 is 5.60 Å². The number of nitrogens with one attached hydrogen (secondary N) is 1. The summed E-state index contributed by atoms with van der Waals surface area (Å²) in [6.07, 6.45) is 4.45. The third-order valence-electron chi connectivity index (χ3n) is 7.84. The molecule has 2 aliphatic heterocycles. The molecule has 2 aromatic heterocycles. The lowest BCUT2D eigenvalue weighted by Gasteiger charge is -2.30. The van der Waals surface area contributed by atoms with Gasteiger partial charge in [-0.15, -0.1) is 0 Å². The standard InChI is InChI=1S/C33H37N5O4/c1-6-38-28-20-37(19-24(28)17-34-38)31(39)23-14-22-16-27(21-10-9-13-36(18-21)32(40)42-33(2,3)4)35-30(22)26(15-23)25-11-7-8-12-29(25)41-5/h7-8,10-12,14-17,35H,6,9,13,18-20H2,1-5H3. The molecular weight excluding hydrogens is 530 g/mol. The van der Waals surface area contributed by atoms with Gasteiger partial charge in [-0.1, -0.05) is 24.3 Å². The molecule has 4 aromatic rings. The van der Waals surface area contributed by atoms with Crippen molar-refractivity contribution in [2.75, 3.05) is 20.2 Å². The molecule has 0 saturated heterocycles. The fourth-order valence-electron chi connectivity index (χ4n) is 5.85. The summed E-state index contributed by atoms with van der Waals surface area (Å²) in [5, 5.41) is 5.36. The van der Waals surface area contributed by atoms with E-state index in [0.29, 0.717) is 31.7 Å². The van der Waals surface area contributed by atoms with Crippen LogP contribution in [0, 0.1) is 0 Å². The minimum absolute atomic E-state index is 0.0253. The third-order valence-corrected chi connectivity index (χ3v) is 7.84. The van der Waals surface area contributed by atoms with E-state index in [0.717, 1.165) is 63.3 Å². The zero-order valence-electron chi connectivity index (χ0n) is 24.9. The molecule has 0 bridgehead atoms. The highest BCUT2D eigenvalue weighted by molar-refractivity contribution is 6.05. The Morgan fingerprint density at radius 3 is 2.60 bits per heavy atom. The number of aromatic nitrogens is 3. The van der Waals surface area contributed by atoms with Gasteiger partial charge in [0.05, 0.1) is 37.6 Å². The van der Waals surface area contributed by atoms with Crippen molar-refractivity contribution in [3.05, 3.63) is 77.3 Å². The Morgan fingerprint density at radius 2 is 1.83 bits per heavy atom. The number of fused-ring (bicyclic) bond motifs is 2. The molecule has 1 N–H and O–H groups in total. The van der Waals surface area contributed by atoms with Gasteiger partial charge < -0.3 is 24.3 Å². The van der Waals surface area contributed by atoms with Gasteiger partial charge in [0, 0.05) is 53.0 Å². The molecule has 2 amide bonds. The molecule has 2 aromatic carbocycles. The molecule has 42 heavy (non-hydrogen) atoms. The zero-order valence-corrected chi connectivity index (χ0v) is 24.9. The number of carbonyl (C=O) groups is 2. The second-order valence-electron chi connectivity index (χ2n) is 11.9. The molecule has 0 aliphatic carbocycles. The molecular formula is C33H37N5O4. The van der Waals surface area contributed by atoms with Gasteiger partial charge in [0.25, 0.3) is 5.91 Å². The molecule has 0 atom stereocenters. The number of para-hydroxylation sites is 1. The SMILES string of the molecule is CCn1ncc2c1CN(C(=O)c1cc(-c3ccccc3OC)c3[nH]c(C4=CCCN(C(=O)OC(C)(C)C)C4)cc3c1)C2. The van der Waals surface area contributed by atoms with Gasteiger partial charge in [0.2, 0.25) is 0 Å². The molecule has 0 spiro atoms. The molecule has 218 valence electrons. The van der Waals surface area contributed by atoms with Crippen molar-refractivity contribution in [1.29, 1.82) is 0 Å². The topological polar surface area (TPSA) is 92.7 Å². The number of hydrogen-bond acceptors (Lipinski definition) is 5. The number of hydrogen-bond donors (Lipinski definition) is 1. The molecule has 2 aliphatic rings. The van der Waals surface area contributed by atoms with E-state index in [4.69, 9.17) is 9.47 Å². The van der Waals surface area contributed by atoms with Crippen molar-refractivity contribution < 1.29 is 19.1 Å². The minimum atomic E-state index is -0.557. The number of methoxy groups -OCH3 is 1. The number of H-pyrrole nitrogens is 1. The van der Waals surface area contributed by atoms with Crippen LogP contribution in [0.25, 0.3) is 27.6 Å². The number of benzene rings is 2. The van der Waals surface area contributed by atoms with Crippen molar-refractivity contribution in [2.24, 2.45) is 0 Å². The summed E-state index contributed by atoms with van der Waals surface area (Å²) in [5.41, 5.74) is 6.87. The first-order valence-electron chi connectivity index (χ1n) is 14.5. The Balaban J connectivity index is 1.38. The first-order chi connectivity index (χ1) is 20.1. The predicted octanol–water partition coefficient (Wildman–Crippen LogP) is 6.24. The molecule has 0 fully saturated rings. The number of nitrogens with zero attached hydrogens (tertiary/aromatic N) is 4. The van der Waals surface area contributed by atoms with Crippen molar-refractivity contribution >= 4 is 28.5 Å². The van der Waals surface area contributed by atoms with Crippen molar-refractivity contribution in [2.45, 2.75) is 59.4 Å². The maximum atomic E-state index is 13.9. The van der Waals surface area contributed by atoms with E-state index in [9.17, 15) is 9.59 Å². The van der Waals surface area contributed by atoms with Gasteiger partial charge in [-0.2, -0.15) is 5.10 Å². The van der Waals surface area contributed by atoms with E-state index in [-0.39, 0.29) is 12.0 Å².